The quantitative estimate of drug-likeness (QED) is 0.430. The summed E-state index contributed by atoms with van der Waals surface area (Å²) in [6.45, 7) is -0.579. The lowest BCUT2D eigenvalue weighted by Gasteiger charge is -2.04. The van der Waals surface area contributed by atoms with Gasteiger partial charge >= 0.3 is 5.97 Å². The van der Waals surface area contributed by atoms with Crippen LogP contribution >= 0.6 is 11.6 Å². The van der Waals surface area contributed by atoms with Crippen LogP contribution in [0.4, 0.5) is 5.69 Å². The number of benzene rings is 2. The molecule has 3 aromatic rings. The lowest BCUT2D eigenvalue weighted by molar-refractivity contribution is -0.141. The Kier molecular flexibility index (Phi) is 6.99. The summed E-state index contributed by atoms with van der Waals surface area (Å²) in [5, 5.41) is 21.4. The van der Waals surface area contributed by atoms with Gasteiger partial charge in [0.1, 0.15) is 13.1 Å². The van der Waals surface area contributed by atoms with Gasteiger partial charge in [0.15, 0.2) is 5.69 Å². The molecule has 2 amide bonds. The van der Waals surface area contributed by atoms with E-state index in [0.717, 1.165) is 5.56 Å². The first-order chi connectivity index (χ1) is 14.9. The molecule has 0 aliphatic carbocycles. The second-order valence-electron chi connectivity index (χ2n) is 6.53. The number of aromatic nitrogens is 1. The number of esters is 1. The molecule has 0 saturated heterocycles. The third-order valence-corrected chi connectivity index (χ3v) is 4.66. The number of para-hydroxylation sites is 1. The largest absolute Gasteiger partial charge is 0.493 e. The maximum Gasteiger partial charge on any atom is 0.325 e. The van der Waals surface area contributed by atoms with Crippen molar-refractivity contribution in [1.82, 2.24) is 9.88 Å². The Morgan fingerprint density at radius 1 is 1.13 bits per heavy atom. The first kappa shape index (κ1) is 22.0. The number of nitrogens with one attached hydrogen (secondary N) is 1. The van der Waals surface area contributed by atoms with Crippen LogP contribution < -0.4 is 5.32 Å². The molecule has 160 valence electrons. The molecule has 31 heavy (non-hydrogen) atoms. The number of methoxy groups -OCH3 is 1. The van der Waals surface area contributed by atoms with Gasteiger partial charge < -0.3 is 15.2 Å². The lowest BCUT2D eigenvalue weighted by Crippen LogP contribution is -2.29. The number of ether oxygens (including phenoxy) is 1. The molecule has 0 aliphatic heterocycles. The second kappa shape index (κ2) is 9.86. The van der Waals surface area contributed by atoms with Crippen molar-refractivity contribution in [3.63, 3.8) is 0 Å². The predicted octanol–water partition coefficient (Wildman–Crippen LogP) is 3.14. The number of nitrogens with zero attached hydrogens (tertiary/aromatic N) is 3. The second-order valence-corrected chi connectivity index (χ2v) is 6.96. The third-order valence-electron chi connectivity index (χ3n) is 4.41. The average Bonchev–Trinajstić information content (AvgIpc) is 3.03. The number of rotatable bonds is 7. The van der Waals surface area contributed by atoms with Crippen LogP contribution in [0.25, 0.3) is 10.9 Å². The molecular formula is C21H19ClN4O5. The van der Waals surface area contributed by atoms with Crippen LogP contribution in [0.3, 0.4) is 0 Å². The zero-order chi connectivity index (χ0) is 22.4. The van der Waals surface area contributed by atoms with Crippen LogP contribution in [0.2, 0.25) is 5.02 Å². The number of hydrogen-bond donors (Lipinski definition) is 2. The summed E-state index contributed by atoms with van der Waals surface area (Å²) >= 11 is 5.81. The highest BCUT2D eigenvalue weighted by Crippen LogP contribution is 2.38. The number of azo groups is 1. The van der Waals surface area contributed by atoms with Crippen molar-refractivity contribution in [3.8, 4) is 5.88 Å². The van der Waals surface area contributed by atoms with Crippen LogP contribution in [0.5, 0.6) is 5.88 Å². The molecule has 3 rings (SSSR count). The van der Waals surface area contributed by atoms with Gasteiger partial charge in [0.05, 0.1) is 19.0 Å². The minimum atomic E-state index is -0.700. The number of aromatic hydroxyl groups is 1. The highest BCUT2D eigenvalue weighted by Gasteiger charge is 2.19. The highest BCUT2D eigenvalue weighted by molar-refractivity contribution is 6.30. The summed E-state index contributed by atoms with van der Waals surface area (Å²) in [5.74, 6) is -1.94. The van der Waals surface area contributed by atoms with Gasteiger partial charge in [-0.2, -0.15) is 0 Å². The number of amides is 2. The van der Waals surface area contributed by atoms with E-state index in [1.165, 1.54) is 11.7 Å². The summed E-state index contributed by atoms with van der Waals surface area (Å²) in [4.78, 5) is 35.7. The molecule has 0 unspecified atom stereocenters. The lowest BCUT2D eigenvalue weighted by atomic mass is 10.1. The van der Waals surface area contributed by atoms with E-state index in [2.05, 4.69) is 20.3 Å². The summed E-state index contributed by atoms with van der Waals surface area (Å²) in [6, 6.07) is 13.6. The van der Waals surface area contributed by atoms with E-state index >= 15 is 0 Å². The molecule has 2 N–H and O–H groups in total. The standard InChI is InChI=1S/C21H19ClN4O5/c1-31-19(29)12-26-16-5-3-2-4-15(16)20(21(26)30)25-24-18(28)11-23-17(27)10-13-6-8-14(22)9-7-13/h2-9,30H,10-12H2,1H3,(H,23,27). The number of fused-ring (bicyclic) bond motifs is 1. The third kappa shape index (κ3) is 5.46. The van der Waals surface area contributed by atoms with Crippen LogP contribution in [0.15, 0.2) is 58.8 Å². The zero-order valence-electron chi connectivity index (χ0n) is 16.5. The van der Waals surface area contributed by atoms with E-state index in [4.69, 9.17) is 11.6 Å². The van der Waals surface area contributed by atoms with E-state index in [-0.39, 0.29) is 37.0 Å². The van der Waals surface area contributed by atoms with Gasteiger partial charge in [-0.05, 0) is 23.8 Å². The molecule has 0 spiro atoms. The van der Waals surface area contributed by atoms with E-state index in [9.17, 15) is 19.5 Å². The fourth-order valence-corrected chi connectivity index (χ4v) is 3.02. The predicted molar refractivity (Wildman–Crippen MR) is 113 cm³/mol. The van der Waals surface area contributed by atoms with E-state index in [0.29, 0.717) is 15.9 Å². The molecule has 0 fully saturated rings. The molecular weight excluding hydrogens is 424 g/mol. The first-order valence-electron chi connectivity index (χ1n) is 9.21. The monoisotopic (exact) mass is 442 g/mol. The van der Waals surface area contributed by atoms with Crippen molar-refractivity contribution >= 4 is 46.0 Å². The maximum atomic E-state index is 12.0. The summed E-state index contributed by atoms with van der Waals surface area (Å²) in [7, 11) is 1.24. The van der Waals surface area contributed by atoms with Crippen molar-refractivity contribution in [2.75, 3.05) is 13.7 Å². The zero-order valence-corrected chi connectivity index (χ0v) is 17.3. The molecule has 1 heterocycles. The van der Waals surface area contributed by atoms with Crippen LogP contribution in [-0.2, 0) is 32.1 Å². The fourth-order valence-electron chi connectivity index (χ4n) is 2.89. The van der Waals surface area contributed by atoms with Crippen molar-refractivity contribution in [2.24, 2.45) is 10.2 Å². The molecule has 0 aliphatic rings. The summed E-state index contributed by atoms with van der Waals surface area (Å²) in [6.07, 6.45) is 0.0867. The topological polar surface area (TPSA) is 122 Å². The number of carbonyl (C=O) groups excluding carboxylic acids is 3. The minimum absolute atomic E-state index is 0.0420. The van der Waals surface area contributed by atoms with Gasteiger partial charge in [0.25, 0.3) is 5.91 Å². The van der Waals surface area contributed by atoms with Crippen molar-refractivity contribution in [1.29, 1.82) is 0 Å². The number of carbonyl (C=O) groups is 3. The van der Waals surface area contributed by atoms with Crippen LogP contribution in [0, 0.1) is 0 Å². The van der Waals surface area contributed by atoms with Gasteiger partial charge in [-0.25, -0.2) is 0 Å². The van der Waals surface area contributed by atoms with Gasteiger partial charge in [-0.1, -0.05) is 41.9 Å². The van der Waals surface area contributed by atoms with Crippen molar-refractivity contribution in [2.45, 2.75) is 13.0 Å². The minimum Gasteiger partial charge on any atom is -0.493 e. The normalized spacial score (nSPS) is 11.0. The highest BCUT2D eigenvalue weighted by atomic mass is 35.5. The maximum absolute atomic E-state index is 12.0. The Balaban J connectivity index is 1.67. The SMILES string of the molecule is COC(=O)Cn1c(O)c(N=NC(=O)CNC(=O)Cc2ccc(Cl)cc2)c2ccccc21. The summed E-state index contributed by atoms with van der Waals surface area (Å²) in [5.41, 5.74) is 1.32. The fraction of sp³-hybridized carbons (Fsp3) is 0.190. The summed E-state index contributed by atoms with van der Waals surface area (Å²) < 4.78 is 5.96. The smallest absolute Gasteiger partial charge is 0.325 e. The molecule has 1 aromatic heterocycles. The molecule has 0 atom stereocenters. The Morgan fingerprint density at radius 2 is 1.84 bits per heavy atom. The van der Waals surface area contributed by atoms with Gasteiger partial charge in [-0.15, -0.1) is 10.2 Å². The molecule has 2 aromatic carbocycles. The van der Waals surface area contributed by atoms with E-state index < -0.39 is 11.9 Å². The molecule has 0 bridgehead atoms. The van der Waals surface area contributed by atoms with Gasteiger partial charge in [0, 0.05) is 10.4 Å². The van der Waals surface area contributed by atoms with Crippen LogP contribution in [0.1, 0.15) is 5.56 Å². The first-order valence-corrected chi connectivity index (χ1v) is 9.59. The Morgan fingerprint density at radius 3 is 2.55 bits per heavy atom. The average molecular weight is 443 g/mol. The van der Waals surface area contributed by atoms with Crippen molar-refractivity contribution < 1.29 is 24.2 Å². The number of hydrogen-bond acceptors (Lipinski definition) is 6. The molecule has 0 saturated carbocycles. The molecule has 10 heteroatoms. The van der Waals surface area contributed by atoms with E-state index in [1.807, 2.05) is 0 Å². The van der Waals surface area contributed by atoms with Crippen LogP contribution in [-0.4, -0.2) is 41.1 Å². The Labute approximate surface area is 182 Å². The van der Waals surface area contributed by atoms with Gasteiger partial charge in [0.2, 0.25) is 11.8 Å². The Hall–Kier alpha value is -3.72. The number of halogens is 1. The van der Waals surface area contributed by atoms with Crippen molar-refractivity contribution in [3.05, 3.63) is 59.1 Å². The Bertz CT molecular complexity index is 1150. The van der Waals surface area contributed by atoms with E-state index in [1.54, 1.807) is 48.5 Å². The molecule has 0 radical (unpaired) electrons. The van der Waals surface area contributed by atoms with Gasteiger partial charge in [-0.3, -0.25) is 19.0 Å². The molecule has 9 nitrogen and oxygen atoms in total.